The second-order valence-corrected chi connectivity index (χ2v) is 7.71. The van der Waals surface area contributed by atoms with Gasteiger partial charge in [-0.05, 0) is 54.6 Å². The summed E-state index contributed by atoms with van der Waals surface area (Å²) in [6, 6.07) is 21.4. The maximum atomic E-state index is 12.6. The molecule has 5 rings (SSSR count). The average Bonchev–Trinajstić information content (AvgIpc) is 3.25. The number of hydrogen-bond donors (Lipinski definition) is 1. The number of anilines is 1. The van der Waals surface area contributed by atoms with E-state index in [0.29, 0.717) is 44.2 Å². The fraction of sp³-hybridized carbons (Fsp3) is 0. The van der Waals surface area contributed by atoms with Crippen LogP contribution in [0.15, 0.2) is 79.0 Å². The van der Waals surface area contributed by atoms with E-state index in [1.165, 1.54) is 6.07 Å². The molecule has 0 aliphatic heterocycles. The van der Waals surface area contributed by atoms with E-state index in [9.17, 15) is 4.79 Å². The van der Waals surface area contributed by atoms with Crippen molar-refractivity contribution in [2.75, 3.05) is 5.32 Å². The first-order valence-corrected chi connectivity index (χ1v) is 10.3. The summed E-state index contributed by atoms with van der Waals surface area (Å²) in [5, 5.41) is 16.7. The van der Waals surface area contributed by atoms with Crippen LogP contribution >= 0.6 is 23.2 Å². The smallest absolute Gasteiger partial charge is 0.255 e. The number of carbonyl (C=O) groups excluding carboxylic acids is 1. The van der Waals surface area contributed by atoms with Gasteiger partial charge in [-0.2, -0.15) is 9.61 Å². The highest BCUT2D eigenvalue weighted by Gasteiger charge is 2.13. The van der Waals surface area contributed by atoms with Gasteiger partial charge in [-0.3, -0.25) is 9.78 Å². The molecule has 156 valence electrons. The monoisotopic (exact) mass is 460 g/mol. The number of carbonyl (C=O) groups is 1. The molecule has 5 aromatic rings. The van der Waals surface area contributed by atoms with Gasteiger partial charge < -0.3 is 5.32 Å². The zero-order chi connectivity index (χ0) is 22.1. The van der Waals surface area contributed by atoms with E-state index in [2.05, 4.69) is 25.6 Å². The Morgan fingerprint density at radius 1 is 0.844 bits per heavy atom. The highest BCUT2D eigenvalue weighted by Crippen LogP contribution is 2.25. The third kappa shape index (κ3) is 3.91. The first-order chi connectivity index (χ1) is 15.6. The summed E-state index contributed by atoms with van der Waals surface area (Å²) >= 11 is 12.0. The molecule has 2 aromatic carbocycles. The van der Waals surface area contributed by atoms with Gasteiger partial charge in [0.1, 0.15) is 5.69 Å². The van der Waals surface area contributed by atoms with Crippen molar-refractivity contribution in [3.8, 4) is 22.8 Å². The van der Waals surface area contributed by atoms with Gasteiger partial charge in [0.2, 0.25) is 5.82 Å². The van der Waals surface area contributed by atoms with Crippen molar-refractivity contribution in [1.82, 2.24) is 24.8 Å². The average molecular weight is 461 g/mol. The molecule has 3 aromatic heterocycles. The van der Waals surface area contributed by atoms with Gasteiger partial charge in [-0.1, -0.05) is 41.4 Å². The van der Waals surface area contributed by atoms with Crippen molar-refractivity contribution >= 4 is 40.4 Å². The molecule has 0 aliphatic rings. The van der Waals surface area contributed by atoms with E-state index in [-0.39, 0.29) is 5.91 Å². The minimum Gasteiger partial charge on any atom is -0.322 e. The van der Waals surface area contributed by atoms with E-state index in [0.717, 1.165) is 5.56 Å². The topological polar surface area (TPSA) is 85.1 Å². The van der Waals surface area contributed by atoms with Crippen LogP contribution in [0, 0.1) is 0 Å². The summed E-state index contributed by atoms with van der Waals surface area (Å²) in [4.78, 5) is 16.9. The third-order valence-corrected chi connectivity index (χ3v) is 5.49. The maximum Gasteiger partial charge on any atom is 0.255 e. The van der Waals surface area contributed by atoms with Gasteiger partial charge in [0.05, 0.1) is 15.7 Å². The Hall–Kier alpha value is -3.81. The first kappa shape index (κ1) is 20.1. The van der Waals surface area contributed by atoms with Crippen LogP contribution in [0.2, 0.25) is 10.0 Å². The number of nitrogens with zero attached hydrogens (tertiary/aromatic N) is 5. The SMILES string of the molecule is O=C(Nc1cccc(-c2ccc3nnc(-c4ccccn4)n3n2)c1)c1ccc(Cl)c(Cl)c1. The van der Waals surface area contributed by atoms with Gasteiger partial charge in [0.15, 0.2) is 5.65 Å². The van der Waals surface area contributed by atoms with E-state index < -0.39 is 0 Å². The predicted octanol–water partition coefficient (Wildman–Crippen LogP) is 5.41. The minimum atomic E-state index is -0.291. The van der Waals surface area contributed by atoms with Gasteiger partial charge in [0.25, 0.3) is 5.91 Å². The molecule has 9 heteroatoms. The number of hydrogen-bond acceptors (Lipinski definition) is 5. The van der Waals surface area contributed by atoms with Gasteiger partial charge >= 0.3 is 0 Å². The fourth-order valence-corrected chi connectivity index (χ4v) is 3.49. The highest BCUT2D eigenvalue weighted by molar-refractivity contribution is 6.42. The summed E-state index contributed by atoms with van der Waals surface area (Å²) in [6.45, 7) is 0. The van der Waals surface area contributed by atoms with Crippen molar-refractivity contribution < 1.29 is 4.79 Å². The van der Waals surface area contributed by atoms with Crippen LogP contribution in [0.4, 0.5) is 5.69 Å². The number of nitrogens with one attached hydrogen (secondary N) is 1. The molecule has 0 atom stereocenters. The number of benzene rings is 2. The molecule has 0 saturated heterocycles. The molecule has 1 amide bonds. The zero-order valence-electron chi connectivity index (χ0n) is 16.4. The van der Waals surface area contributed by atoms with E-state index >= 15 is 0 Å². The molecule has 0 bridgehead atoms. The van der Waals surface area contributed by atoms with E-state index in [4.69, 9.17) is 23.2 Å². The number of amides is 1. The largest absolute Gasteiger partial charge is 0.322 e. The molecular weight excluding hydrogens is 447 g/mol. The van der Waals surface area contributed by atoms with Gasteiger partial charge in [-0.15, -0.1) is 10.2 Å². The summed E-state index contributed by atoms with van der Waals surface area (Å²) in [6.07, 6.45) is 1.69. The number of pyridine rings is 1. The molecule has 32 heavy (non-hydrogen) atoms. The molecule has 0 fully saturated rings. The van der Waals surface area contributed by atoms with E-state index in [1.807, 2.05) is 48.5 Å². The van der Waals surface area contributed by atoms with Crippen LogP contribution < -0.4 is 5.32 Å². The number of aromatic nitrogens is 5. The Kier molecular flexibility index (Phi) is 5.26. The van der Waals surface area contributed by atoms with Crippen molar-refractivity contribution in [2.24, 2.45) is 0 Å². The van der Waals surface area contributed by atoms with Crippen molar-refractivity contribution in [1.29, 1.82) is 0 Å². The van der Waals surface area contributed by atoms with Crippen LogP contribution in [-0.4, -0.2) is 30.7 Å². The van der Waals surface area contributed by atoms with Crippen LogP contribution in [0.3, 0.4) is 0 Å². The molecule has 0 spiro atoms. The lowest BCUT2D eigenvalue weighted by Crippen LogP contribution is -2.11. The number of halogens is 2. The van der Waals surface area contributed by atoms with Crippen LogP contribution in [0.5, 0.6) is 0 Å². The molecular formula is C23H14Cl2N6O. The second kappa shape index (κ2) is 8.37. The quantitative estimate of drug-likeness (QED) is 0.387. The molecule has 0 radical (unpaired) electrons. The Morgan fingerprint density at radius 3 is 2.56 bits per heavy atom. The molecule has 1 N–H and O–H groups in total. The van der Waals surface area contributed by atoms with Crippen molar-refractivity contribution in [2.45, 2.75) is 0 Å². The number of rotatable bonds is 4. The van der Waals surface area contributed by atoms with Crippen molar-refractivity contribution in [3.63, 3.8) is 0 Å². The number of fused-ring (bicyclic) bond motifs is 1. The van der Waals surface area contributed by atoms with Gasteiger partial charge in [-0.25, -0.2) is 0 Å². The maximum absolute atomic E-state index is 12.6. The summed E-state index contributed by atoms with van der Waals surface area (Å²) < 4.78 is 1.65. The molecule has 0 aliphatic carbocycles. The Morgan fingerprint density at radius 2 is 1.75 bits per heavy atom. The molecule has 3 heterocycles. The Bertz CT molecular complexity index is 1450. The highest BCUT2D eigenvalue weighted by atomic mass is 35.5. The molecule has 0 unspecified atom stereocenters. The fourth-order valence-electron chi connectivity index (χ4n) is 3.19. The first-order valence-electron chi connectivity index (χ1n) is 9.59. The third-order valence-electron chi connectivity index (χ3n) is 4.75. The second-order valence-electron chi connectivity index (χ2n) is 6.89. The minimum absolute atomic E-state index is 0.291. The Labute approximate surface area is 192 Å². The van der Waals surface area contributed by atoms with Crippen LogP contribution in [0.1, 0.15) is 10.4 Å². The predicted molar refractivity (Wildman–Crippen MR) is 124 cm³/mol. The lowest BCUT2D eigenvalue weighted by atomic mass is 10.1. The Balaban J connectivity index is 1.46. The van der Waals surface area contributed by atoms with Crippen molar-refractivity contribution in [3.05, 3.63) is 94.6 Å². The lowest BCUT2D eigenvalue weighted by Gasteiger charge is -2.08. The normalized spacial score (nSPS) is 10.9. The summed E-state index contributed by atoms with van der Waals surface area (Å²) in [7, 11) is 0. The molecule has 0 saturated carbocycles. The lowest BCUT2D eigenvalue weighted by molar-refractivity contribution is 0.102. The standard InChI is InChI=1S/C23H14Cl2N6O/c24-17-8-7-15(13-18(17)25)23(32)27-16-5-3-4-14(12-16)19-9-10-21-28-29-22(31(21)30-19)20-6-1-2-11-26-20/h1-13H,(H,27,32). The summed E-state index contributed by atoms with van der Waals surface area (Å²) in [5.41, 5.74) is 3.83. The molecule has 7 nitrogen and oxygen atoms in total. The summed E-state index contributed by atoms with van der Waals surface area (Å²) in [5.74, 6) is 0.256. The van der Waals surface area contributed by atoms with Gasteiger partial charge in [0, 0.05) is 23.0 Å². The van der Waals surface area contributed by atoms with Crippen LogP contribution in [-0.2, 0) is 0 Å². The van der Waals surface area contributed by atoms with Crippen LogP contribution in [0.25, 0.3) is 28.4 Å². The zero-order valence-corrected chi connectivity index (χ0v) is 17.9. The van der Waals surface area contributed by atoms with E-state index in [1.54, 1.807) is 28.9 Å².